The fourth-order valence-electron chi connectivity index (χ4n) is 4.25. The van der Waals surface area contributed by atoms with Gasteiger partial charge in [0.1, 0.15) is 0 Å². The van der Waals surface area contributed by atoms with E-state index < -0.39 is 29.4 Å². The predicted molar refractivity (Wildman–Crippen MR) is 136 cm³/mol. The minimum atomic E-state index is -4.93. The maximum absolute atomic E-state index is 13.4. The van der Waals surface area contributed by atoms with Crippen LogP contribution in [0.2, 0.25) is 0 Å². The third-order valence-electron chi connectivity index (χ3n) is 6.52. The normalized spacial score (nSPS) is 12.2. The van der Waals surface area contributed by atoms with Crippen molar-refractivity contribution in [3.63, 3.8) is 0 Å². The van der Waals surface area contributed by atoms with Gasteiger partial charge in [-0.15, -0.1) is 0 Å². The standard InChI is InChI=1S/C29H30F6N2O2/c1-19-5-3-6-24(20(19)2)16-36-11-4-12-37(17-21-7-9-23(10-8-21)27(38)39)18-22-13-25(28(30,31)32)15-26(14-22)29(33,34)35/h3,5-10,13-15,36H,4,11-12,16-18H2,1-2H3,(H,38,39). The van der Waals surface area contributed by atoms with Crippen LogP contribution >= 0.6 is 0 Å². The van der Waals surface area contributed by atoms with Gasteiger partial charge in [-0.05, 0) is 85.0 Å². The first kappa shape index (κ1) is 30.2. The van der Waals surface area contributed by atoms with Crippen LogP contribution in [-0.4, -0.2) is 29.1 Å². The number of nitrogens with zero attached hydrogens (tertiary/aromatic N) is 1. The molecule has 0 saturated carbocycles. The number of benzene rings is 3. The summed E-state index contributed by atoms with van der Waals surface area (Å²) in [7, 11) is 0. The predicted octanol–water partition coefficient (Wildman–Crippen LogP) is 7.22. The summed E-state index contributed by atoms with van der Waals surface area (Å²) in [5.74, 6) is -1.10. The first-order valence-corrected chi connectivity index (χ1v) is 12.3. The number of carbonyl (C=O) groups is 1. The van der Waals surface area contributed by atoms with Gasteiger partial charge in [-0.3, -0.25) is 4.90 Å². The van der Waals surface area contributed by atoms with Crippen LogP contribution in [0.15, 0.2) is 60.7 Å². The van der Waals surface area contributed by atoms with Gasteiger partial charge < -0.3 is 10.4 Å². The molecule has 0 unspecified atom stereocenters. The highest BCUT2D eigenvalue weighted by Gasteiger charge is 2.37. The van der Waals surface area contributed by atoms with Crippen LogP contribution in [0.25, 0.3) is 0 Å². The van der Waals surface area contributed by atoms with Crippen LogP contribution in [0.4, 0.5) is 26.3 Å². The van der Waals surface area contributed by atoms with E-state index in [2.05, 4.69) is 5.32 Å². The van der Waals surface area contributed by atoms with Gasteiger partial charge in [0, 0.05) is 26.2 Å². The Bertz CT molecular complexity index is 1240. The zero-order valence-corrected chi connectivity index (χ0v) is 21.6. The molecule has 0 aliphatic rings. The second-order valence-corrected chi connectivity index (χ2v) is 9.52. The molecule has 0 heterocycles. The fraction of sp³-hybridized carbons (Fsp3) is 0.345. The van der Waals surface area contributed by atoms with Crippen molar-refractivity contribution >= 4 is 5.97 Å². The molecule has 0 aromatic heterocycles. The molecular formula is C29H30F6N2O2. The van der Waals surface area contributed by atoms with Gasteiger partial charge in [0.25, 0.3) is 0 Å². The second kappa shape index (κ2) is 12.7. The largest absolute Gasteiger partial charge is 0.478 e. The van der Waals surface area contributed by atoms with Crippen molar-refractivity contribution < 1.29 is 36.2 Å². The number of carboxylic acid groups (broad SMARTS) is 1. The van der Waals surface area contributed by atoms with Gasteiger partial charge in [0.2, 0.25) is 0 Å². The first-order chi connectivity index (χ1) is 18.2. The van der Waals surface area contributed by atoms with Crippen LogP contribution in [0, 0.1) is 13.8 Å². The number of aryl methyl sites for hydroxylation is 1. The molecule has 0 aliphatic carbocycles. The summed E-state index contributed by atoms with van der Waals surface area (Å²) in [5, 5.41) is 12.5. The lowest BCUT2D eigenvalue weighted by Gasteiger charge is -2.24. The zero-order valence-electron chi connectivity index (χ0n) is 21.6. The van der Waals surface area contributed by atoms with Crippen molar-refractivity contribution in [1.29, 1.82) is 0 Å². The van der Waals surface area contributed by atoms with E-state index in [4.69, 9.17) is 5.11 Å². The molecular weight excluding hydrogens is 522 g/mol. The number of alkyl halides is 6. The topological polar surface area (TPSA) is 52.6 Å². The van der Waals surface area contributed by atoms with Gasteiger partial charge in [0.15, 0.2) is 0 Å². The number of rotatable bonds is 11. The summed E-state index contributed by atoms with van der Waals surface area (Å²) < 4.78 is 80.2. The van der Waals surface area contributed by atoms with E-state index in [0.717, 1.165) is 17.7 Å². The van der Waals surface area contributed by atoms with Crippen molar-refractivity contribution in [3.05, 3.63) is 105 Å². The van der Waals surface area contributed by atoms with Crippen LogP contribution in [-0.2, 0) is 32.0 Å². The van der Waals surface area contributed by atoms with E-state index in [-0.39, 0.29) is 30.3 Å². The van der Waals surface area contributed by atoms with E-state index in [9.17, 15) is 31.1 Å². The molecule has 0 aliphatic heterocycles. The van der Waals surface area contributed by atoms with E-state index in [1.54, 1.807) is 17.0 Å². The van der Waals surface area contributed by atoms with Gasteiger partial charge >= 0.3 is 18.3 Å². The van der Waals surface area contributed by atoms with E-state index in [1.807, 2.05) is 32.0 Å². The summed E-state index contributed by atoms with van der Waals surface area (Å²) in [5.41, 5.74) is 1.45. The van der Waals surface area contributed by atoms with Crippen molar-refractivity contribution in [2.24, 2.45) is 0 Å². The SMILES string of the molecule is Cc1cccc(CNCCCN(Cc2ccc(C(=O)O)cc2)Cc2cc(C(F)(F)F)cc(C(F)(F)F)c2)c1C. The zero-order chi connectivity index (χ0) is 28.8. The van der Waals surface area contributed by atoms with Crippen molar-refractivity contribution in [2.75, 3.05) is 13.1 Å². The fourth-order valence-corrected chi connectivity index (χ4v) is 4.25. The van der Waals surface area contributed by atoms with E-state index >= 15 is 0 Å². The Morgan fingerprint density at radius 2 is 1.44 bits per heavy atom. The van der Waals surface area contributed by atoms with Gasteiger partial charge in [0.05, 0.1) is 16.7 Å². The molecule has 0 fully saturated rings. The molecule has 0 radical (unpaired) electrons. The minimum absolute atomic E-state index is 0.0774. The average molecular weight is 553 g/mol. The molecule has 3 rings (SSSR count). The van der Waals surface area contributed by atoms with Crippen molar-refractivity contribution in [3.8, 4) is 0 Å². The Kier molecular flexibility index (Phi) is 9.79. The lowest BCUT2D eigenvalue weighted by molar-refractivity contribution is -0.143. The molecule has 3 aromatic carbocycles. The molecule has 210 valence electrons. The molecule has 3 aromatic rings. The summed E-state index contributed by atoms with van der Waals surface area (Å²) >= 11 is 0. The van der Waals surface area contributed by atoms with Gasteiger partial charge in [-0.2, -0.15) is 26.3 Å². The smallest absolute Gasteiger partial charge is 0.416 e. The molecule has 0 spiro atoms. The molecule has 0 saturated heterocycles. The molecule has 39 heavy (non-hydrogen) atoms. The van der Waals surface area contributed by atoms with Crippen LogP contribution < -0.4 is 5.32 Å². The van der Waals surface area contributed by atoms with Crippen LogP contribution in [0.5, 0.6) is 0 Å². The molecule has 0 amide bonds. The Balaban J connectivity index is 1.76. The number of halogens is 6. The third kappa shape index (κ3) is 8.83. The lowest BCUT2D eigenvalue weighted by Crippen LogP contribution is -2.27. The molecule has 4 nitrogen and oxygen atoms in total. The quantitative estimate of drug-likeness (QED) is 0.195. The minimum Gasteiger partial charge on any atom is -0.478 e. The second-order valence-electron chi connectivity index (χ2n) is 9.52. The van der Waals surface area contributed by atoms with Gasteiger partial charge in [-0.1, -0.05) is 30.3 Å². The Morgan fingerprint density at radius 3 is 2.00 bits per heavy atom. The monoisotopic (exact) mass is 552 g/mol. The number of aromatic carboxylic acids is 1. The van der Waals surface area contributed by atoms with Crippen LogP contribution in [0.3, 0.4) is 0 Å². The highest BCUT2D eigenvalue weighted by atomic mass is 19.4. The number of carboxylic acids is 1. The highest BCUT2D eigenvalue weighted by molar-refractivity contribution is 5.87. The van der Waals surface area contributed by atoms with Crippen molar-refractivity contribution in [1.82, 2.24) is 10.2 Å². The summed E-state index contributed by atoms with van der Waals surface area (Å²) in [6, 6.07) is 13.6. The Labute approximate surface area is 223 Å². The summed E-state index contributed by atoms with van der Waals surface area (Å²) in [6.45, 7) is 5.73. The lowest BCUT2D eigenvalue weighted by atomic mass is 10.0. The van der Waals surface area contributed by atoms with Crippen LogP contribution in [0.1, 0.15) is 55.7 Å². The Hall–Kier alpha value is -3.37. The maximum atomic E-state index is 13.4. The molecule has 0 bridgehead atoms. The summed E-state index contributed by atoms with van der Waals surface area (Å²) in [6.07, 6.45) is -9.26. The molecule has 0 atom stereocenters. The highest BCUT2D eigenvalue weighted by Crippen LogP contribution is 2.36. The van der Waals surface area contributed by atoms with E-state index in [0.29, 0.717) is 31.6 Å². The average Bonchev–Trinajstić information content (AvgIpc) is 2.85. The first-order valence-electron chi connectivity index (χ1n) is 12.3. The third-order valence-corrected chi connectivity index (χ3v) is 6.52. The van der Waals surface area contributed by atoms with E-state index in [1.165, 1.54) is 23.3 Å². The number of hydrogen-bond donors (Lipinski definition) is 2. The summed E-state index contributed by atoms with van der Waals surface area (Å²) in [4.78, 5) is 12.9. The van der Waals surface area contributed by atoms with Gasteiger partial charge in [-0.25, -0.2) is 4.79 Å². The molecule has 10 heteroatoms. The van der Waals surface area contributed by atoms with Crippen molar-refractivity contribution in [2.45, 2.75) is 52.3 Å². The molecule has 2 N–H and O–H groups in total. The number of nitrogens with one attached hydrogen (secondary N) is 1. The Morgan fingerprint density at radius 1 is 0.846 bits per heavy atom. The maximum Gasteiger partial charge on any atom is 0.416 e. The number of hydrogen-bond acceptors (Lipinski definition) is 3.